The van der Waals surface area contributed by atoms with E-state index in [1.807, 2.05) is 19.9 Å². The van der Waals surface area contributed by atoms with Gasteiger partial charge < -0.3 is 15.8 Å². The lowest BCUT2D eigenvalue weighted by Crippen LogP contribution is -2.37. The summed E-state index contributed by atoms with van der Waals surface area (Å²) in [6.45, 7) is 5.53. The molecule has 1 aliphatic rings. The summed E-state index contributed by atoms with van der Waals surface area (Å²) in [6, 6.07) is 1.84. The molecule has 1 aromatic rings. The summed E-state index contributed by atoms with van der Waals surface area (Å²) >= 11 is 0. The molecule has 2 heterocycles. The van der Waals surface area contributed by atoms with Gasteiger partial charge in [-0.25, -0.2) is 4.98 Å². The molecule has 1 saturated heterocycles. The second-order valence-electron chi connectivity index (χ2n) is 4.71. The lowest BCUT2D eigenvalue weighted by Gasteiger charge is -2.24. The number of nitrogens with zero attached hydrogens (tertiary/aromatic N) is 1. The van der Waals surface area contributed by atoms with Crippen LogP contribution in [0.3, 0.4) is 0 Å². The van der Waals surface area contributed by atoms with Crippen molar-refractivity contribution >= 4 is 5.91 Å². The van der Waals surface area contributed by atoms with Gasteiger partial charge in [0.15, 0.2) is 0 Å². The average Bonchev–Trinajstić information content (AvgIpc) is 2.28. The monoisotopic (exact) mass is 249 g/mol. The third kappa shape index (κ3) is 2.79. The van der Waals surface area contributed by atoms with Crippen LogP contribution in [-0.4, -0.2) is 30.1 Å². The molecule has 5 nitrogen and oxygen atoms in total. The molecule has 1 aromatic heterocycles. The predicted molar refractivity (Wildman–Crippen MR) is 68.7 cm³/mol. The summed E-state index contributed by atoms with van der Waals surface area (Å²) in [5, 5.41) is 3.26. The molecule has 98 valence electrons. The number of carbonyl (C=O) groups excluding carboxylic acids is 1. The minimum Gasteiger partial charge on any atom is -0.472 e. The lowest BCUT2D eigenvalue weighted by molar-refractivity contribution is 0.0986. The van der Waals surface area contributed by atoms with Gasteiger partial charge in [0.05, 0.1) is 0 Å². The number of rotatable bonds is 3. The van der Waals surface area contributed by atoms with E-state index in [0.29, 0.717) is 11.4 Å². The number of hydrogen-bond acceptors (Lipinski definition) is 4. The first kappa shape index (κ1) is 12.8. The number of aromatic nitrogens is 1. The van der Waals surface area contributed by atoms with Crippen LogP contribution in [0.5, 0.6) is 5.88 Å². The topological polar surface area (TPSA) is 77.2 Å². The fourth-order valence-corrected chi connectivity index (χ4v) is 2.27. The number of ether oxygens (including phenoxy) is 1. The summed E-state index contributed by atoms with van der Waals surface area (Å²) in [6.07, 6.45) is 2.10. The second kappa shape index (κ2) is 5.35. The van der Waals surface area contributed by atoms with Gasteiger partial charge in [-0.2, -0.15) is 0 Å². The molecule has 1 fully saturated rings. The van der Waals surface area contributed by atoms with Crippen LogP contribution in [0.15, 0.2) is 6.07 Å². The Morgan fingerprint density at radius 2 is 2.33 bits per heavy atom. The Morgan fingerprint density at radius 1 is 1.56 bits per heavy atom. The van der Waals surface area contributed by atoms with Crippen LogP contribution < -0.4 is 15.8 Å². The SMILES string of the molecule is Cc1cc(C)c(C(N)=O)c(O[C@H]2CCCNC2)n1. The van der Waals surface area contributed by atoms with Crippen LogP contribution in [0.4, 0.5) is 0 Å². The number of aryl methyl sites for hydroxylation is 2. The molecule has 0 spiro atoms. The van der Waals surface area contributed by atoms with Crippen molar-refractivity contribution in [3.8, 4) is 5.88 Å². The van der Waals surface area contributed by atoms with Gasteiger partial charge in [-0.1, -0.05) is 0 Å². The molecule has 0 radical (unpaired) electrons. The average molecular weight is 249 g/mol. The number of primary amides is 1. The van der Waals surface area contributed by atoms with Crippen molar-refractivity contribution in [2.24, 2.45) is 5.73 Å². The maximum atomic E-state index is 11.5. The summed E-state index contributed by atoms with van der Waals surface area (Å²) in [5.41, 5.74) is 7.43. The number of nitrogens with one attached hydrogen (secondary N) is 1. The van der Waals surface area contributed by atoms with E-state index in [2.05, 4.69) is 10.3 Å². The van der Waals surface area contributed by atoms with E-state index in [4.69, 9.17) is 10.5 Å². The van der Waals surface area contributed by atoms with Gasteiger partial charge >= 0.3 is 0 Å². The normalized spacial score (nSPS) is 19.6. The Hall–Kier alpha value is -1.62. The summed E-state index contributed by atoms with van der Waals surface area (Å²) in [7, 11) is 0. The molecule has 0 aromatic carbocycles. The largest absolute Gasteiger partial charge is 0.472 e. The van der Waals surface area contributed by atoms with Gasteiger partial charge in [-0.3, -0.25) is 4.79 Å². The standard InChI is InChI=1S/C13H19N3O2/c1-8-6-9(2)16-13(11(8)12(14)17)18-10-4-3-5-15-7-10/h6,10,15H,3-5,7H2,1-2H3,(H2,14,17)/t10-/m0/s1. The van der Waals surface area contributed by atoms with Gasteiger partial charge in [0.25, 0.3) is 5.91 Å². The van der Waals surface area contributed by atoms with Gasteiger partial charge in [-0.05, 0) is 44.9 Å². The number of amides is 1. The number of piperidine rings is 1. The first-order chi connectivity index (χ1) is 8.58. The van der Waals surface area contributed by atoms with Crippen LogP contribution in [0.2, 0.25) is 0 Å². The van der Waals surface area contributed by atoms with E-state index in [0.717, 1.165) is 37.2 Å². The molecule has 1 amide bonds. The summed E-state index contributed by atoms with van der Waals surface area (Å²) < 4.78 is 5.83. The highest BCUT2D eigenvalue weighted by Crippen LogP contribution is 2.22. The highest BCUT2D eigenvalue weighted by molar-refractivity contribution is 5.96. The molecule has 5 heteroatoms. The van der Waals surface area contributed by atoms with Crippen LogP contribution in [-0.2, 0) is 0 Å². The molecular formula is C13H19N3O2. The second-order valence-corrected chi connectivity index (χ2v) is 4.71. The molecule has 1 atom stereocenters. The number of nitrogens with two attached hydrogens (primary N) is 1. The highest BCUT2D eigenvalue weighted by atomic mass is 16.5. The van der Waals surface area contributed by atoms with Gasteiger partial charge in [0, 0.05) is 12.2 Å². The lowest BCUT2D eigenvalue weighted by atomic mass is 10.1. The molecule has 0 unspecified atom stereocenters. The highest BCUT2D eigenvalue weighted by Gasteiger charge is 2.20. The molecule has 3 N–H and O–H groups in total. The number of pyridine rings is 1. The van der Waals surface area contributed by atoms with Gasteiger partial charge in [0.2, 0.25) is 5.88 Å². The maximum absolute atomic E-state index is 11.5. The Balaban J connectivity index is 2.27. The van der Waals surface area contributed by atoms with E-state index in [1.165, 1.54) is 0 Å². The molecule has 0 aliphatic carbocycles. The third-order valence-corrected chi connectivity index (χ3v) is 3.09. The van der Waals surface area contributed by atoms with Crippen molar-refractivity contribution in [3.63, 3.8) is 0 Å². The number of hydrogen-bond donors (Lipinski definition) is 2. The summed E-state index contributed by atoms with van der Waals surface area (Å²) in [5.74, 6) is -0.118. The molecule has 2 rings (SSSR count). The Morgan fingerprint density at radius 3 is 2.94 bits per heavy atom. The Labute approximate surface area is 107 Å². The quantitative estimate of drug-likeness (QED) is 0.835. The maximum Gasteiger partial charge on any atom is 0.254 e. The van der Waals surface area contributed by atoms with Crippen molar-refractivity contribution in [1.29, 1.82) is 0 Å². The molecule has 0 bridgehead atoms. The van der Waals surface area contributed by atoms with Gasteiger partial charge in [0.1, 0.15) is 11.7 Å². The predicted octanol–water partition coefficient (Wildman–Crippen LogP) is 0.928. The van der Waals surface area contributed by atoms with E-state index in [9.17, 15) is 4.79 Å². The summed E-state index contributed by atoms with van der Waals surface area (Å²) in [4.78, 5) is 15.8. The fraction of sp³-hybridized carbons (Fsp3) is 0.538. The molecule has 18 heavy (non-hydrogen) atoms. The Bertz CT molecular complexity index is 454. The zero-order valence-electron chi connectivity index (χ0n) is 10.8. The minimum atomic E-state index is -0.487. The van der Waals surface area contributed by atoms with Crippen LogP contribution in [0.1, 0.15) is 34.5 Å². The smallest absolute Gasteiger partial charge is 0.254 e. The zero-order chi connectivity index (χ0) is 13.1. The van der Waals surface area contributed by atoms with Crippen molar-refractivity contribution in [2.75, 3.05) is 13.1 Å². The first-order valence-corrected chi connectivity index (χ1v) is 6.23. The molecular weight excluding hydrogens is 230 g/mol. The Kier molecular flexibility index (Phi) is 3.81. The van der Waals surface area contributed by atoms with Crippen LogP contribution in [0, 0.1) is 13.8 Å². The zero-order valence-corrected chi connectivity index (χ0v) is 10.8. The van der Waals surface area contributed by atoms with Crippen molar-refractivity contribution < 1.29 is 9.53 Å². The molecule has 1 aliphatic heterocycles. The van der Waals surface area contributed by atoms with E-state index >= 15 is 0 Å². The van der Waals surface area contributed by atoms with Crippen molar-refractivity contribution in [3.05, 3.63) is 22.9 Å². The third-order valence-electron chi connectivity index (χ3n) is 3.09. The fourth-order valence-electron chi connectivity index (χ4n) is 2.27. The number of carbonyl (C=O) groups is 1. The van der Waals surface area contributed by atoms with Gasteiger partial charge in [-0.15, -0.1) is 0 Å². The minimum absolute atomic E-state index is 0.0607. The molecule has 0 saturated carbocycles. The van der Waals surface area contributed by atoms with E-state index in [-0.39, 0.29) is 6.10 Å². The van der Waals surface area contributed by atoms with Crippen LogP contribution >= 0.6 is 0 Å². The van der Waals surface area contributed by atoms with E-state index < -0.39 is 5.91 Å². The van der Waals surface area contributed by atoms with Crippen molar-refractivity contribution in [1.82, 2.24) is 10.3 Å². The van der Waals surface area contributed by atoms with Crippen LogP contribution in [0.25, 0.3) is 0 Å². The first-order valence-electron chi connectivity index (χ1n) is 6.23. The van der Waals surface area contributed by atoms with E-state index in [1.54, 1.807) is 0 Å². The van der Waals surface area contributed by atoms with Crippen molar-refractivity contribution in [2.45, 2.75) is 32.8 Å².